The third-order valence-corrected chi connectivity index (χ3v) is 4.54. The number of hydrogen-bond donors (Lipinski definition) is 3. The lowest BCUT2D eigenvalue weighted by Gasteiger charge is -2.11. The standard InChI is InChI=1S/C25H27N3O4/c1-31-14-13-26-25(30)20-9-5-10-21(15-20)27-17-24(29)28-22-11-6-12-23(16-22)32-18-19-7-3-2-4-8-19/h2-12,15-16,27H,13-14,17-18H2,1H3,(H,26,30)(H,28,29). The molecule has 0 heterocycles. The van der Waals surface area contributed by atoms with E-state index in [0.29, 0.717) is 42.4 Å². The molecule has 3 aromatic carbocycles. The van der Waals surface area contributed by atoms with Crippen molar-refractivity contribution in [3.05, 3.63) is 90.0 Å². The SMILES string of the molecule is COCCNC(=O)c1cccc(NCC(=O)Nc2cccc(OCc3ccccc3)c2)c1. The predicted molar refractivity (Wildman–Crippen MR) is 125 cm³/mol. The van der Waals surface area contributed by atoms with Gasteiger partial charge in [0.2, 0.25) is 5.91 Å². The minimum atomic E-state index is -0.208. The Kier molecular flexibility index (Phi) is 8.65. The average molecular weight is 434 g/mol. The van der Waals surface area contributed by atoms with Crippen LogP contribution >= 0.6 is 0 Å². The summed E-state index contributed by atoms with van der Waals surface area (Å²) >= 11 is 0. The summed E-state index contributed by atoms with van der Waals surface area (Å²) in [4.78, 5) is 24.5. The minimum absolute atomic E-state index is 0.0594. The van der Waals surface area contributed by atoms with E-state index in [0.717, 1.165) is 5.56 Å². The Morgan fingerprint density at radius 1 is 0.875 bits per heavy atom. The summed E-state index contributed by atoms with van der Waals surface area (Å²) in [5, 5.41) is 8.66. The molecule has 0 bridgehead atoms. The number of amides is 2. The van der Waals surface area contributed by atoms with Crippen LogP contribution in [0.5, 0.6) is 5.75 Å². The molecule has 2 amide bonds. The highest BCUT2D eigenvalue weighted by atomic mass is 16.5. The number of rotatable bonds is 11. The fourth-order valence-electron chi connectivity index (χ4n) is 2.93. The molecule has 0 aromatic heterocycles. The van der Waals surface area contributed by atoms with E-state index in [-0.39, 0.29) is 18.4 Å². The molecule has 0 aliphatic carbocycles. The fourth-order valence-corrected chi connectivity index (χ4v) is 2.93. The molecule has 0 aliphatic heterocycles. The Bertz CT molecular complexity index is 1020. The molecule has 0 saturated carbocycles. The number of anilines is 2. The van der Waals surface area contributed by atoms with Crippen LogP contribution in [0.3, 0.4) is 0 Å². The lowest BCUT2D eigenvalue weighted by atomic mass is 10.2. The first kappa shape index (κ1) is 22.8. The molecule has 0 aliphatic rings. The number of carbonyl (C=O) groups excluding carboxylic acids is 2. The van der Waals surface area contributed by atoms with Gasteiger partial charge in [-0.1, -0.05) is 42.5 Å². The summed E-state index contributed by atoms with van der Waals surface area (Å²) in [6.07, 6.45) is 0. The van der Waals surface area contributed by atoms with E-state index in [1.165, 1.54) is 0 Å². The Hall–Kier alpha value is -3.84. The highest BCUT2D eigenvalue weighted by molar-refractivity contribution is 5.96. The molecule has 0 unspecified atom stereocenters. The maximum Gasteiger partial charge on any atom is 0.251 e. The number of carbonyl (C=O) groups is 2. The molecule has 7 nitrogen and oxygen atoms in total. The van der Waals surface area contributed by atoms with Crippen LogP contribution in [0, 0.1) is 0 Å². The first-order valence-corrected chi connectivity index (χ1v) is 10.3. The van der Waals surface area contributed by atoms with Gasteiger partial charge in [-0.15, -0.1) is 0 Å². The monoisotopic (exact) mass is 433 g/mol. The average Bonchev–Trinajstić information content (AvgIpc) is 2.83. The predicted octanol–water partition coefficient (Wildman–Crippen LogP) is 3.69. The summed E-state index contributed by atoms with van der Waals surface area (Å²) in [6.45, 7) is 1.39. The van der Waals surface area contributed by atoms with Crippen molar-refractivity contribution < 1.29 is 19.1 Å². The van der Waals surface area contributed by atoms with Crippen LogP contribution in [0.4, 0.5) is 11.4 Å². The van der Waals surface area contributed by atoms with Gasteiger partial charge in [0.15, 0.2) is 0 Å². The third kappa shape index (κ3) is 7.45. The molecule has 7 heteroatoms. The van der Waals surface area contributed by atoms with Gasteiger partial charge >= 0.3 is 0 Å². The van der Waals surface area contributed by atoms with Gasteiger partial charge in [0, 0.05) is 36.7 Å². The topological polar surface area (TPSA) is 88.7 Å². The van der Waals surface area contributed by atoms with E-state index in [4.69, 9.17) is 9.47 Å². The number of benzene rings is 3. The largest absolute Gasteiger partial charge is 0.489 e. The van der Waals surface area contributed by atoms with Gasteiger partial charge in [-0.25, -0.2) is 0 Å². The smallest absolute Gasteiger partial charge is 0.251 e. The second-order valence-corrected chi connectivity index (χ2v) is 7.03. The summed E-state index contributed by atoms with van der Waals surface area (Å²) < 4.78 is 10.7. The zero-order chi connectivity index (χ0) is 22.6. The molecular weight excluding hydrogens is 406 g/mol. The molecule has 0 atom stereocenters. The summed E-state index contributed by atoms with van der Waals surface area (Å²) in [7, 11) is 1.58. The van der Waals surface area contributed by atoms with Crippen LogP contribution < -0.4 is 20.7 Å². The third-order valence-electron chi connectivity index (χ3n) is 4.54. The van der Waals surface area contributed by atoms with Crippen LogP contribution in [-0.4, -0.2) is 38.6 Å². The van der Waals surface area contributed by atoms with Crippen LogP contribution in [0.2, 0.25) is 0 Å². The van der Waals surface area contributed by atoms with E-state index < -0.39 is 0 Å². The Balaban J connectivity index is 1.48. The summed E-state index contributed by atoms with van der Waals surface area (Å²) in [5.74, 6) is 0.273. The highest BCUT2D eigenvalue weighted by Gasteiger charge is 2.07. The minimum Gasteiger partial charge on any atom is -0.489 e. The Labute approximate surface area is 187 Å². The van der Waals surface area contributed by atoms with Gasteiger partial charge in [0.1, 0.15) is 12.4 Å². The molecule has 166 valence electrons. The van der Waals surface area contributed by atoms with Crippen molar-refractivity contribution in [2.45, 2.75) is 6.61 Å². The first-order chi connectivity index (χ1) is 15.6. The van der Waals surface area contributed by atoms with Crippen LogP contribution in [0.1, 0.15) is 15.9 Å². The highest BCUT2D eigenvalue weighted by Crippen LogP contribution is 2.19. The van der Waals surface area contributed by atoms with Crippen molar-refractivity contribution in [2.75, 3.05) is 37.4 Å². The maximum atomic E-state index is 12.4. The van der Waals surface area contributed by atoms with Gasteiger partial charge in [-0.3, -0.25) is 9.59 Å². The van der Waals surface area contributed by atoms with E-state index in [9.17, 15) is 9.59 Å². The maximum absolute atomic E-state index is 12.4. The molecule has 0 spiro atoms. The fraction of sp³-hybridized carbons (Fsp3) is 0.200. The van der Waals surface area contributed by atoms with E-state index in [1.807, 2.05) is 42.5 Å². The normalized spacial score (nSPS) is 10.3. The molecular formula is C25H27N3O4. The van der Waals surface area contributed by atoms with E-state index in [1.54, 1.807) is 43.5 Å². The Morgan fingerprint density at radius 2 is 1.66 bits per heavy atom. The van der Waals surface area contributed by atoms with Crippen molar-refractivity contribution in [2.24, 2.45) is 0 Å². The molecule has 0 saturated heterocycles. The van der Waals surface area contributed by atoms with E-state index in [2.05, 4.69) is 16.0 Å². The summed E-state index contributed by atoms with van der Waals surface area (Å²) in [5.41, 5.74) is 2.91. The van der Waals surface area contributed by atoms with Crippen molar-refractivity contribution in [1.82, 2.24) is 5.32 Å². The summed E-state index contributed by atoms with van der Waals surface area (Å²) in [6, 6.07) is 24.1. The molecule has 0 radical (unpaired) electrons. The van der Waals surface area contributed by atoms with Gasteiger partial charge in [0.25, 0.3) is 5.91 Å². The number of methoxy groups -OCH3 is 1. The van der Waals surface area contributed by atoms with Crippen LogP contribution in [0.15, 0.2) is 78.9 Å². The van der Waals surface area contributed by atoms with Gasteiger partial charge in [-0.05, 0) is 35.9 Å². The van der Waals surface area contributed by atoms with Crippen LogP contribution in [0.25, 0.3) is 0 Å². The molecule has 32 heavy (non-hydrogen) atoms. The van der Waals surface area contributed by atoms with Gasteiger partial charge < -0.3 is 25.4 Å². The van der Waals surface area contributed by atoms with E-state index >= 15 is 0 Å². The van der Waals surface area contributed by atoms with Crippen molar-refractivity contribution >= 4 is 23.2 Å². The Morgan fingerprint density at radius 3 is 2.47 bits per heavy atom. The molecule has 3 rings (SSSR count). The van der Waals surface area contributed by atoms with Crippen molar-refractivity contribution in [3.8, 4) is 5.75 Å². The first-order valence-electron chi connectivity index (χ1n) is 10.3. The molecule has 3 aromatic rings. The lowest BCUT2D eigenvalue weighted by molar-refractivity contribution is -0.114. The zero-order valence-corrected chi connectivity index (χ0v) is 18.0. The number of nitrogens with one attached hydrogen (secondary N) is 3. The van der Waals surface area contributed by atoms with Crippen LogP contribution in [-0.2, 0) is 16.1 Å². The second kappa shape index (κ2) is 12.1. The quantitative estimate of drug-likeness (QED) is 0.402. The molecule has 3 N–H and O–H groups in total. The molecule has 0 fully saturated rings. The lowest BCUT2D eigenvalue weighted by Crippen LogP contribution is -2.27. The number of ether oxygens (including phenoxy) is 2. The van der Waals surface area contributed by atoms with Gasteiger partial charge in [-0.2, -0.15) is 0 Å². The second-order valence-electron chi connectivity index (χ2n) is 7.03. The number of hydrogen-bond acceptors (Lipinski definition) is 5. The van der Waals surface area contributed by atoms with Gasteiger partial charge in [0.05, 0.1) is 13.2 Å². The van der Waals surface area contributed by atoms with Crippen molar-refractivity contribution in [1.29, 1.82) is 0 Å². The zero-order valence-electron chi connectivity index (χ0n) is 18.0. The van der Waals surface area contributed by atoms with Crippen molar-refractivity contribution in [3.63, 3.8) is 0 Å².